The number of hydrogen-bond donors (Lipinski definition) is 0. The van der Waals surface area contributed by atoms with Crippen LogP contribution in [-0.2, 0) is 14.2 Å². The van der Waals surface area contributed by atoms with Gasteiger partial charge in [-0.3, -0.25) is 19.3 Å². The summed E-state index contributed by atoms with van der Waals surface area (Å²) in [7, 11) is 1.14. The Balaban J connectivity index is 1.56. The monoisotopic (exact) mass is 533 g/mol. The molecule has 3 aromatic rings. The van der Waals surface area contributed by atoms with Crippen LogP contribution < -0.4 is 15.2 Å². The van der Waals surface area contributed by atoms with E-state index in [0.29, 0.717) is 12.2 Å². The highest BCUT2D eigenvalue weighted by Gasteiger charge is 2.45. The van der Waals surface area contributed by atoms with Gasteiger partial charge in [0.05, 0.1) is 26.4 Å². The van der Waals surface area contributed by atoms with Crippen LogP contribution in [-0.4, -0.2) is 61.5 Å². The molecule has 200 valence electrons. The first-order valence-electron chi connectivity index (χ1n) is 12.3. The van der Waals surface area contributed by atoms with Crippen molar-refractivity contribution in [1.29, 1.82) is 0 Å². The molecule has 10 nitrogen and oxygen atoms in total. The third-order valence-electron chi connectivity index (χ3n) is 7.04. The van der Waals surface area contributed by atoms with Crippen molar-refractivity contribution in [3.8, 4) is 5.75 Å². The summed E-state index contributed by atoms with van der Waals surface area (Å²) >= 11 is 0. The van der Waals surface area contributed by atoms with Crippen molar-refractivity contribution in [3.05, 3.63) is 98.7 Å². The van der Waals surface area contributed by atoms with E-state index in [0.717, 1.165) is 23.8 Å². The first-order valence-corrected chi connectivity index (χ1v) is 12.3. The van der Waals surface area contributed by atoms with Gasteiger partial charge in [-0.2, -0.15) is 0 Å². The summed E-state index contributed by atoms with van der Waals surface area (Å²) in [6.07, 6.45) is 3.77. The van der Waals surface area contributed by atoms with Gasteiger partial charge in [-0.1, -0.05) is 42.5 Å². The van der Waals surface area contributed by atoms with Crippen LogP contribution in [0.1, 0.15) is 38.8 Å². The van der Waals surface area contributed by atoms with Crippen molar-refractivity contribution < 1.29 is 32.9 Å². The second-order valence-electron chi connectivity index (χ2n) is 9.14. The Bertz CT molecular complexity index is 1550. The Labute approximate surface area is 222 Å². The lowest BCUT2D eigenvalue weighted by Crippen LogP contribution is -2.66. The van der Waals surface area contributed by atoms with Crippen molar-refractivity contribution >= 4 is 24.2 Å². The molecule has 3 heterocycles. The fourth-order valence-electron chi connectivity index (χ4n) is 5.34. The third kappa shape index (κ3) is 4.20. The molecule has 0 spiro atoms. The van der Waals surface area contributed by atoms with E-state index in [2.05, 4.69) is 4.74 Å². The van der Waals surface area contributed by atoms with Gasteiger partial charge in [0.1, 0.15) is 12.0 Å². The zero-order valence-electron chi connectivity index (χ0n) is 20.9. The minimum Gasteiger partial charge on any atom is -0.451 e. The summed E-state index contributed by atoms with van der Waals surface area (Å²) in [6, 6.07) is 13.2. The number of aromatic nitrogens is 1. The molecule has 1 amide bonds. The number of benzene rings is 2. The summed E-state index contributed by atoms with van der Waals surface area (Å²) in [5.74, 6) is -1.06. The van der Waals surface area contributed by atoms with Crippen LogP contribution >= 0.6 is 0 Å². The molecule has 6 rings (SSSR count). The summed E-state index contributed by atoms with van der Waals surface area (Å²) in [4.78, 5) is 39.8. The van der Waals surface area contributed by atoms with Crippen LogP contribution in [0.5, 0.6) is 5.75 Å². The molecule has 11 heteroatoms. The average Bonchev–Trinajstić information content (AvgIpc) is 3.11. The Morgan fingerprint density at radius 1 is 1.08 bits per heavy atom. The molecule has 2 aromatic carbocycles. The van der Waals surface area contributed by atoms with Crippen molar-refractivity contribution in [3.63, 3.8) is 0 Å². The standard InChI is InChI=1S/C28H24FN3O7/c1-36-28(35)39-16-38-26-22(33)10-11-31-25(26)27(34)30-12-13-37-15-23(30)32(31)24-20-5-3-2-4-17(20)6-7-18-14-19(29)8-9-21(18)24/h2-11,14,23-24H,12-13,15-16H2,1H3/t23-,24+/m1/s1. The molecule has 0 bridgehead atoms. The fraction of sp³-hybridized carbons (Fsp3) is 0.250. The lowest BCUT2D eigenvalue weighted by Gasteiger charge is -2.51. The zero-order chi connectivity index (χ0) is 27.1. The number of carbonyl (C=O) groups excluding carboxylic acids is 2. The molecule has 1 fully saturated rings. The van der Waals surface area contributed by atoms with E-state index in [1.807, 2.05) is 41.4 Å². The molecule has 0 saturated carbocycles. The lowest BCUT2D eigenvalue weighted by molar-refractivity contribution is -0.0208. The van der Waals surface area contributed by atoms with Crippen LogP contribution in [0.2, 0.25) is 0 Å². The fourth-order valence-corrected chi connectivity index (χ4v) is 5.34. The van der Waals surface area contributed by atoms with Crippen molar-refractivity contribution in [2.45, 2.75) is 12.2 Å². The minimum atomic E-state index is -0.993. The molecule has 3 aliphatic rings. The molecule has 39 heavy (non-hydrogen) atoms. The zero-order valence-corrected chi connectivity index (χ0v) is 20.9. The highest BCUT2D eigenvalue weighted by Crippen LogP contribution is 2.40. The molecule has 2 atom stereocenters. The van der Waals surface area contributed by atoms with Gasteiger partial charge >= 0.3 is 6.16 Å². The number of ether oxygens (including phenoxy) is 4. The number of rotatable bonds is 4. The van der Waals surface area contributed by atoms with Gasteiger partial charge in [0.15, 0.2) is 5.69 Å². The van der Waals surface area contributed by atoms with E-state index in [1.54, 1.807) is 15.6 Å². The molecule has 1 aliphatic carbocycles. The van der Waals surface area contributed by atoms with Gasteiger partial charge in [0, 0.05) is 18.8 Å². The van der Waals surface area contributed by atoms with Crippen molar-refractivity contribution in [1.82, 2.24) is 9.58 Å². The lowest BCUT2D eigenvalue weighted by atomic mass is 9.92. The number of carbonyl (C=O) groups is 2. The third-order valence-corrected chi connectivity index (χ3v) is 7.04. The van der Waals surface area contributed by atoms with Crippen molar-refractivity contribution in [2.75, 3.05) is 38.7 Å². The van der Waals surface area contributed by atoms with Gasteiger partial charge in [-0.25, -0.2) is 9.18 Å². The maximum atomic E-state index is 14.4. The molecule has 2 aliphatic heterocycles. The Morgan fingerprint density at radius 2 is 1.87 bits per heavy atom. The highest BCUT2D eigenvalue weighted by molar-refractivity contribution is 5.97. The first-order chi connectivity index (χ1) is 19.0. The summed E-state index contributed by atoms with van der Waals surface area (Å²) in [6.45, 7) is 0.183. The van der Waals surface area contributed by atoms with Crippen LogP contribution in [0.25, 0.3) is 12.2 Å². The maximum absolute atomic E-state index is 14.4. The predicted octanol–water partition coefficient (Wildman–Crippen LogP) is 3.13. The number of hydrogen-bond acceptors (Lipinski definition) is 8. The normalized spacial score (nSPS) is 19.3. The number of morpholine rings is 1. The molecule has 0 N–H and O–H groups in total. The van der Waals surface area contributed by atoms with Crippen LogP contribution in [0.3, 0.4) is 0 Å². The van der Waals surface area contributed by atoms with E-state index < -0.39 is 36.5 Å². The quantitative estimate of drug-likeness (QED) is 0.373. The van der Waals surface area contributed by atoms with E-state index in [1.165, 1.54) is 24.4 Å². The Hall–Kier alpha value is -4.64. The summed E-state index contributed by atoms with van der Waals surface area (Å²) in [5.41, 5.74) is 2.75. The smallest absolute Gasteiger partial charge is 0.451 e. The van der Waals surface area contributed by atoms with E-state index in [9.17, 15) is 18.8 Å². The van der Waals surface area contributed by atoms with Crippen LogP contribution in [0.15, 0.2) is 59.5 Å². The second-order valence-corrected chi connectivity index (χ2v) is 9.14. The molecule has 0 radical (unpaired) electrons. The van der Waals surface area contributed by atoms with E-state index in [-0.39, 0.29) is 30.4 Å². The highest BCUT2D eigenvalue weighted by atomic mass is 19.1. The van der Waals surface area contributed by atoms with Gasteiger partial charge in [0.25, 0.3) is 5.91 Å². The molecule has 1 saturated heterocycles. The maximum Gasteiger partial charge on any atom is 0.510 e. The Kier molecular flexibility index (Phi) is 6.27. The van der Waals surface area contributed by atoms with Crippen molar-refractivity contribution in [2.24, 2.45) is 0 Å². The van der Waals surface area contributed by atoms with Gasteiger partial charge < -0.3 is 23.8 Å². The number of methoxy groups -OCH3 is 1. The molecule has 0 unspecified atom stereocenters. The van der Waals surface area contributed by atoms with Gasteiger partial charge in [0.2, 0.25) is 18.0 Å². The first kappa shape index (κ1) is 24.7. The summed E-state index contributed by atoms with van der Waals surface area (Å²) < 4.78 is 36.6. The Morgan fingerprint density at radius 3 is 2.72 bits per heavy atom. The predicted molar refractivity (Wildman–Crippen MR) is 137 cm³/mol. The largest absolute Gasteiger partial charge is 0.510 e. The number of nitrogens with zero attached hydrogens (tertiary/aromatic N) is 3. The average molecular weight is 534 g/mol. The summed E-state index contributed by atoms with van der Waals surface area (Å²) in [5, 5.41) is 1.95. The number of fused-ring (bicyclic) bond motifs is 4. The number of halogens is 1. The van der Waals surface area contributed by atoms with E-state index >= 15 is 0 Å². The SMILES string of the molecule is COC(=O)OCOc1c2n(ccc1=O)N([C@H]1c3ccccc3C=Cc3cc(F)ccc31)[C@@H]1COCCN1C2=O. The molecular weight excluding hydrogens is 509 g/mol. The number of amides is 1. The topological polar surface area (TPSA) is 99.5 Å². The molecule has 1 aromatic heterocycles. The van der Waals surface area contributed by atoms with Crippen LogP contribution in [0.4, 0.5) is 9.18 Å². The second kappa shape index (κ2) is 9.91. The minimum absolute atomic E-state index is 0.0209. The van der Waals surface area contributed by atoms with Crippen LogP contribution in [0, 0.1) is 5.82 Å². The molecular formula is C28H24FN3O7. The van der Waals surface area contributed by atoms with Gasteiger partial charge in [-0.15, -0.1) is 0 Å². The van der Waals surface area contributed by atoms with Gasteiger partial charge in [-0.05, 0) is 34.4 Å². The number of pyridine rings is 1. The van der Waals surface area contributed by atoms with E-state index in [4.69, 9.17) is 14.2 Å².